The van der Waals surface area contributed by atoms with Gasteiger partial charge in [-0.15, -0.1) is 0 Å². The second-order valence-corrected chi connectivity index (χ2v) is 8.66. The molecule has 1 N–H and O–H groups in total. The smallest absolute Gasteiger partial charge is 0.261 e. The molecule has 2 rings (SSSR count). The lowest BCUT2D eigenvalue weighted by Gasteiger charge is -2.31. The van der Waals surface area contributed by atoms with Gasteiger partial charge in [0.1, 0.15) is 11.8 Å². The van der Waals surface area contributed by atoms with E-state index >= 15 is 0 Å². The highest BCUT2D eigenvalue weighted by Crippen LogP contribution is 2.25. The summed E-state index contributed by atoms with van der Waals surface area (Å²) in [6.07, 6.45) is 0.467. The van der Waals surface area contributed by atoms with Crippen LogP contribution in [-0.4, -0.2) is 35.4 Å². The quantitative estimate of drug-likeness (QED) is 0.545. The van der Waals surface area contributed by atoms with Gasteiger partial charge in [-0.1, -0.05) is 48.3 Å². The van der Waals surface area contributed by atoms with Gasteiger partial charge in [0.15, 0.2) is 6.61 Å². The summed E-state index contributed by atoms with van der Waals surface area (Å²) in [5.41, 5.74) is 2.85. The van der Waals surface area contributed by atoms with E-state index in [2.05, 4.69) is 5.32 Å². The van der Waals surface area contributed by atoms with Crippen LogP contribution in [0.3, 0.4) is 0 Å². The minimum Gasteiger partial charge on any atom is -0.483 e. The summed E-state index contributed by atoms with van der Waals surface area (Å²) in [4.78, 5) is 27.6. The second kappa shape index (κ2) is 11.4. The van der Waals surface area contributed by atoms with E-state index in [9.17, 15) is 9.59 Å². The molecule has 0 aromatic heterocycles. The molecule has 2 aromatic carbocycles. The Morgan fingerprint density at radius 1 is 1.10 bits per heavy atom. The number of hydrogen-bond donors (Lipinski definition) is 1. The third-order valence-electron chi connectivity index (χ3n) is 5.06. The molecule has 7 heteroatoms. The molecule has 0 radical (unpaired) electrons. The highest BCUT2D eigenvalue weighted by atomic mass is 35.5. The van der Waals surface area contributed by atoms with E-state index in [1.807, 2.05) is 52.8 Å². The summed E-state index contributed by atoms with van der Waals surface area (Å²) in [5.74, 6) is 0.179. The van der Waals surface area contributed by atoms with Crippen molar-refractivity contribution in [3.05, 3.63) is 63.1 Å². The van der Waals surface area contributed by atoms with Crippen LogP contribution in [0, 0.1) is 13.8 Å². The zero-order valence-electron chi connectivity index (χ0n) is 18.7. The maximum atomic E-state index is 13.2. The molecule has 1 atom stereocenters. The molecule has 0 aliphatic carbocycles. The van der Waals surface area contributed by atoms with Crippen molar-refractivity contribution in [2.24, 2.45) is 0 Å². The normalized spacial score (nSPS) is 11.9. The number of ether oxygens (including phenoxy) is 1. The molecule has 5 nitrogen and oxygen atoms in total. The lowest BCUT2D eigenvalue weighted by Crippen LogP contribution is -2.51. The number of amides is 2. The van der Waals surface area contributed by atoms with E-state index in [0.29, 0.717) is 22.2 Å². The number of nitrogens with zero attached hydrogens (tertiary/aromatic N) is 1. The van der Waals surface area contributed by atoms with Gasteiger partial charge in [0.25, 0.3) is 5.91 Å². The van der Waals surface area contributed by atoms with Gasteiger partial charge in [0.05, 0.1) is 10.0 Å². The van der Waals surface area contributed by atoms with Crippen LogP contribution in [0.2, 0.25) is 10.0 Å². The largest absolute Gasteiger partial charge is 0.483 e. The Balaban J connectivity index is 2.27. The standard InChI is InChI=1S/C24H30Cl2N2O3/c1-6-21(24(30)27-15(2)3)28(13-18-10-11-19(25)20(26)12-18)23(29)14-31-22-9-7-8-16(4)17(22)5/h7-12,15,21H,6,13-14H2,1-5H3,(H,27,30)/t21-/m1/s1. The summed E-state index contributed by atoms with van der Waals surface area (Å²) in [7, 11) is 0. The Hall–Kier alpha value is -2.24. The molecule has 168 valence electrons. The van der Waals surface area contributed by atoms with Crippen LogP contribution < -0.4 is 10.1 Å². The molecule has 2 amide bonds. The van der Waals surface area contributed by atoms with E-state index in [4.69, 9.17) is 27.9 Å². The van der Waals surface area contributed by atoms with Crippen LogP contribution in [0.4, 0.5) is 0 Å². The third kappa shape index (κ3) is 6.88. The third-order valence-corrected chi connectivity index (χ3v) is 5.80. The highest BCUT2D eigenvalue weighted by Gasteiger charge is 2.29. The molecule has 31 heavy (non-hydrogen) atoms. The maximum Gasteiger partial charge on any atom is 0.261 e. The van der Waals surface area contributed by atoms with Crippen molar-refractivity contribution in [2.45, 2.75) is 59.7 Å². The molecule has 0 saturated heterocycles. The van der Waals surface area contributed by atoms with Crippen molar-refractivity contribution in [1.82, 2.24) is 10.2 Å². The molecular formula is C24H30Cl2N2O3. The molecule has 0 saturated carbocycles. The fourth-order valence-electron chi connectivity index (χ4n) is 3.24. The number of benzene rings is 2. The van der Waals surface area contributed by atoms with Crippen LogP contribution in [0.5, 0.6) is 5.75 Å². The van der Waals surface area contributed by atoms with E-state index in [-0.39, 0.29) is 31.0 Å². The Morgan fingerprint density at radius 2 is 1.81 bits per heavy atom. The van der Waals surface area contributed by atoms with Crippen LogP contribution in [-0.2, 0) is 16.1 Å². The Kier molecular flexibility index (Phi) is 9.20. The van der Waals surface area contributed by atoms with Crippen molar-refractivity contribution in [3.8, 4) is 5.75 Å². The number of rotatable bonds is 9. The van der Waals surface area contributed by atoms with E-state index < -0.39 is 6.04 Å². The van der Waals surface area contributed by atoms with Crippen molar-refractivity contribution in [1.29, 1.82) is 0 Å². The fraction of sp³-hybridized carbons (Fsp3) is 0.417. The average Bonchev–Trinajstić information content (AvgIpc) is 2.70. The first-order valence-corrected chi connectivity index (χ1v) is 11.1. The summed E-state index contributed by atoms with van der Waals surface area (Å²) in [6.45, 7) is 9.65. The van der Waals surface area contributed by atoms with Gasteiger partial charge in [0, 0.05) is 12.6 Å². The Bertz CT molecular complexity index is 931. The van der Waals surface area contributed by atoms with Gasteiger partial charge >= 0.3 is 0 Å². The van der Waals surface area contributed by atoms with Crippen LogP contribution in [0.25, 0.3) is 0 Å². The molecule has 0 fully saturated rings. The first-order chi connectivity index (χ1) is 14.6. The summed E-state index contributed by atoms with van der Waals surface area (Å²) >= 11 is 12.2. The summed E-state index contributed by atoms with van der Waals surface area (Å²) in [5, 5.41) is 3.74. The fourth-order valence-corrected chi connectivity index (χ4v) is 3.56. The van der Waals surface area contributed by atoms with Crippen LogP contribution in [0.15, 0.2) is 36.4 Å². The van der Waals surface area contributed by atoms with Gasteiger partial charge in [-0.05, 0) is 69.0 Å². The minimum absolute atomic E-state index is 0.0327. The molecule has 0 aliphatic heterocycles. The lowest BCUT2D eigenvalue weighted by molar-refractivity contribution is -0.143. The SMILES string of the molecule is CC[C@H](C(=O)NC(C)C)N(Cc1ccc(Cl)c(Cl)c1)C(=O)COc1cccc(C)c1C. The van der Waals surface area contributed by atoms with Crippen molar-refractivity contribution >= 4 is 35.0 Å². The minimum atomic E-state index is -0.633. The highest BCUT2D eigenvalue weighted by molar-refractivity contribution is 6.42. The topological polar surface area (TPSA) is 58.6 Å². The maximum absolute atomic E-state index is 13.2. The summed E-state index contributed by atoms with van der Waals surface area (Å²) < 4.78 is 5.83. The van der Waals surface area contributed by atoms with Crippen LogP contribution >= 0.6 is 23.2 Å². The van der Waals surface area contributed by atoms with E-state index in [1.54, 1.807) is 23.1 Å². The predicted octanol–water partition coefficient (Wildman–Crippen LogP) is 5.32. The summed E-state index contributed by atoms with van der Waals surface area (Å²) in [6, 6.07) is 10.2. The average molecular weight is 465 g/mol. The Morgan fingerprint density at radius 3 is 2.42 bits per heavy atom. The predicted molar refractivity (Wildman–Crippen MR) is 126 cm³/mol. The number of nitrogens with one attached hydrogen (secondary N) is 1. The van der Waals surface area contributed by atoms with E-state index in [0.717, 1.165) is 16.7 Å². The van der Waals surface area contributed by atoms with E-state index in [1.165, 1.54) is 0 Å². The first kappa shape index (κ1) is 25.0. The van der Waals surface area contributed by atoms with Gasteiger partial charge in [-0.3, -0.25) is 9.59 Å². The first-order valence-electron chi connectivity index (χ1n) is 10.4. The van der Waals surface area contributed by atoms with Gasteiger partial charge in [0.2, 0.25) is 5.91 Å². The van der Waals surface area contributed by atoms with Crippen LogP contribution in [0.1, 0.15) is 43.9 Å². The molecule has 2 aromatic rings. The van der Waals surface area contributed by atoms with Gasteiger partial charge < -0.3 is 15.0 Å². The molecule has 0 aliphatic rings. The number of carbonyl (C=O) groups excluding carboxylic acids is 2. The Labute approximate surface area is 194 Å². The lowest BCUT2D eigenvalue weighted by atomic mass is 10.1. The van der Waals surface area contributed by atoms with Gasteiger partial charge in [-0.25, -0.2) is 0 Å². The molecule has 0 heterocycles. The van der Waals surface area contributed by atoms with Crippen molar-refractivity contribution in [2.75, 3.05) is 6.61 Å². The zero-order valence-corrected chi connectivity index (χ0v) is 20.2. The van der Waals surface area contributed by atoms with Crippen molar-refractivity contribution in [3.63, 3.8) is 0 Å². The number of hydrogen-bond acceptors (Lipinski definition) is 3. The zero-order chi connectivity index (χ0) is 23.1. The molecule has 0 unspecified atom stereocenters. The molecule has 0 spiro atoms. The second-order valence-electron chi connectivity index (χ2n) is 7.84. The van der Waals surface area contributed by atoms with Crippen molar-refractivity contribution < 1.29 is 14.3 Å². The number of aryl methyl sites for hydroxylation is 1. The van der Waals surface area contributed by atoms with Gasteiger partial charge in [-0.2, -0.15) is 0 Å². The molecular weight excluding hydrogens is 435 g/mol. The number of halogens is 2. The number of carbonyl (C=O) groups is 2. The molecule has 0 bridgehead atoms. The monoisotopic (exact) mass is 464 g/mol.